The quantitative estimate of drug-likeness (QED) is 0.459. The van der Waals surface area contributed by atoms with E-state index in [1.165, 1.54) is 6.20 Å². The molecule has 0 unspecified atom stereocenters. The van der Waals surface area contributed by atoms with E-state index in [1.54, 1.807) is 0 Å². The lowest BCUT2D eigenvalue weighted by atomic mass is 10.4. The number of imidazole rings is 1. The molecule has 0 spiro atoms. The van der Waals surface area contributed by atoms with Crippen LogP contribution in [0.15, 0.2) is 11.0 Å². The number of hydrogen-bond acceptors (Lipinski definition) is 3. The lowest BCUT2D eigenvalue weighted by Gasteiger charge is -2.02. The zero-order chi connectivity index (χ0) is 10.4. The lowest BCUT2D eigenvalue weighted by Crippen LogP contribution is -2.27. The van der Waals surface area contributed by atoms with Gasteiger partial charge in [0, 0.05) is 12.7 Å². The molecule has 1 aromatic rings. The first-order valence-electron chi connectivity index (χ1n) is 4.44. The second-order valence-electron chi connectivity index (χ2n) is 2.87. The third kappa shape index (κ3) is 3.06. The summed E-state index contributed by atoms with van der Waals surface area (Å²) >= 11 is 0. The Kier molecular flexibility index (Phi) is 3.93. The summed E-state index contributed by atoms with van der Waals surface area (Å²) in [6, 6.07) is 0. The van der Waals surface area contributed by atoms with Crippen LogP contribution in [0, 0.1) is 0 Å². The van der Waals surface area contributed by atoms with Crippen molar-refractivity contribution in [3.63, 3.8) is 0 Å². The van der Waals surface area contributed by atoms with Crippen LogP contribution in [0.3, 0.4) is 0 Å². The van der Waals surface area contributed by atoms with E-state index in [4.69, 9.17) is 0 Å². The van der Waals surface area contributed by atoms with E-state index in [1.807, 2.05) is 7.05 Å². The van der Waals surface area contributed by atoms with Crippen molar-refractivity contribution in [3.05, 3.63) is 22.4 Å². The minimum Gasteiger partial charge on any atom is -0.351 e. The molecule has 1 rings (SSSR count). The molecule has 0 aromatic carbocycles. The average Bonchev–Trinajstić information content (AvgIpc) is 2.59. The van der Waals surface area contributed by atoms with Gasteiger partial charge >= 0.3 is 5.69 Å². The van der Waals surface area contributed by atoms with Crippen LogP contribution in [0.4, 0.5) is 0 Å². The molecule has 0 aliphatic carbocycles. The van der Waals surface area contributed by atoms with Gasteiger partial charge in [0.2, 0.25) is 0 Å². The summed E-state index contributed by atoms with van der Waals surface area (Å²) in [6.45, 7) is 1.44. The molecule has 4 N–H and O–H groups in total. The minimum atomic E-state index is -0.370. The molecule has 1 aromatic heterocycles. The number of amides is 1. The summed E-state index contributed by atoms with van der Waals surface area (Å²) in [4.78, 5) is 26.7. The number of H-pyrrole nitrogens is 2. The van der Waals surface area contributed by atoms with E-state index >= 15 is 0 Å². The van der Waals surface area contributed by atoms with Gasteiger partial charge in [0.25, 0.3) is 5.91 Å². The molecule has 0 aliphatic heterocycles. The fourth-order valence-electron chi connectivity index (χ4n) is 1.02. The highest BCUT2D eigenvalue weighted by atomic mass is 16.2. The molecule has 0 aliphatic rings. The first kappa shape index (κ1) is 10.5. The molecule has 0 saturated carbocycles. The van der Waals surface area contributed by atoms with Crippen LogP contribution in [0.25, 0.3) is 0 Å². The molecular weight excluding hydrogens is 184 g/mol. The van der Waals surface area contributed by atoms with Crippen molar-refractivity contribution in [2.24, 2.45) is 0 Å². The molecular formula is C8H14N4O2. The van der Waals surface area contributed by atoms with Gasteiger partial charge < -0.3 is 20.6 Å². The third-order valence-corrected chi connectivity index (χ3v) is 1.73. The van der Waals surface area contributed by atoms with Crippen LogP contribution in [-0.4, -0.2) is 36.0 Å². The molecule has 0 saturated heterocycles. The highest BCUT2D eigenvalue weighted by Crippen LogP contribution is 1.86. The van der Waals surface area contributed by atoms with Crippen molar-refractivity contribution in [2.45, 2.75) is 6.42 Å². The largest absolute Gasteiger partial charge is 0.351 e. The highest BCUT2D eigenvalue weighted by Gasteiger charge is 2.05. The van der Waals surface area contributed by atoms with E-state index in [-0.39, 0.29) is 17.3 Å². The molecule has 0 radical (unpaired) electrons. The highest BCUT2D eigenvalue weighted by molar-refractivity contribution is 5.91. The number of rotatable bonds is 5. The molecule has 6 heteroatoms. The van der Waals surface area contributed by atoms with Gasteiger partial charge in [-0.3, -0.25) is 4.79 Å². The first-order chi connectivity index (χ1) is 6.74. The number of carbonyl (C=O) groups is 1. The Morgan fingerprint density at radius 1 is 1.50 bits per heavy atom. The van der Waals surface area contributed by atoms with E-state index < -0.39 is 0 Å². The first-order valence-corrected chi connectivity index (χ1v) is 4.44. The van der Waals surface area contributed by atoms with Crippen molar-refractivity contribution in [1.82, 2.24) is 20.6 Å². The van der Waals surface area contributed by atoms with Gasteiger partial charge in [-0.2, -0.15) is 0 Å². The lowest BCUT2D eigenvalue weighted by molar-refractivity contribution is 0.0948. The predicted molar refractivity (Wildman–Crippen MR) is 52.3 cm³/mol. The molecule has 1 amide bonds. The normalized spacial score (nSPS) is 10.1. The number of hydrogen-bond donors (Lipinski definition) is 4. The molecule has 14 heavy (non-hydrogen) atoms. The van der Waals surface area contributed by atoms with Crippen LogP contribution in [0.5, 0.6) is 0 Å². The van der Waals surface area contributed by atoms with Gasteiger partial charge in [-0.15, -0.1) is 0 Å². The standard InChI is InChI=1S/C8H14N4O2/c1-9-3-2-4-10-7(13)6-5-11-8(14)12-6/h5,9H,2-4H2,1H3,(H,10,13)(H2,11,12,14). The zero-order valence-electron chi connectivity index (χ0n) is 8.02. The summed E-state index contributed by atoms with van der Waals surface area (Å²) in [7, 11) is 1.85. The maximum absolute atomic E-state index is 11.3. The maximum atomic E-state index is 11.3. The van der Waals surface area contributed by atoms with Gasteiger partial charge in [0.15, 0.2) is 0 Å². The molecule has 6 nitrogen and oxygen atoms in total. The predicted octanol–water partition coefficient (Wildman–Crippen LogP) is -0.958. The zero-order valence-corrected chi connectivity index (χ0v) is 8.02. The van der Waals surface area contributed by atoms with Gasteiger partial charge in [-0.25, -0.2) is 4.79 Å². The van der Waals surface area contributed by atoms with Crippen molar-refractivity contribution in [3.8, 4) is 0 Å². The summed E-state index contributed by atoms with van der Waals surface area (Å²) in [6.07, 6.45) is 2.21. The number of nitrogens with one attached hydrogen (secondary N) is 4. The number of carbonyl (C=O) groups excluding carboxylic acids is 1. The van der Waals surface area contributed by atoms with Gasteiger partial charge in [-0.1, -0.05) is 0 Å². The van der Waals surface area contributed by atoms with Gasteiger partial charge in [0.05, 0.1) is 0 Å². The van der Waals surface area contributed by atoms with Crippen LogP contribution >= 0.6 is 0 Å². The Morgan fingerprint density at radius 3 is 2.86 bits per heavy atom. The third-order valence-electron chi connectivity index (χ3n) is 1.73. The Morgan fingerprint density at radius 2 is 2.29 bits per heavy atom. The van der Waals surface area contributed by atoms with Crippen LogP contribution in [-0.2, 0) is 0 Å². The smallest absolute Gasteiger partial charge is 0.323 e. The SMILES string of the molecule is CNCCCNC(=O)c1c[nH]c(=O)[nH]1. The Hall–Kier alpha value is -1.56. The Labute approximate surface area is 81.1 Å². The number of aromatic nitrogens is 2. The monoisotopic (exact) mass is 198 g/mol. The Bertz CT molecular complexity index is 341. The summed E-state index contributed by atoms with van der Waals surface area (Å²) in [5, 5.41) is 5.65. The van der Waals surface area contributed by atoms with Crippen molar-refractivity contribution in [2.75, 3.05) is 20.1 Å². The summed E-state index contributed by atoms with van der Waals surface area (Å²) in [5.41, 5.74) is -0.107. The van der Waals surface area contributed by atoms with E-state index in [0.29, 0.717) is 6.54 Å². The Balaban J connectivity index is 2.32. The molecule has 1 heterocycles. The average molecular weight is 198 g/mol. The minimum absolute atomic E-state index is 0.263. The second kappa shape index (κ2) is 5.23. The molecule has 0 bridgehead atoms. The maximum Gasteiger partial charge on any atom is 0.323 e. The van der Waals surface area contributed by atoms with E-state index in [9.17, 15) is 9.59 Å². The van der Waals surface area contributed by atoms with Gasteiger partial charge in [0.1, 0.15) is 5.69 Å². The fraction of sp³-hybridized carbons (Fsp3) is 0.500. The molecule has 0 fully saturated rings. The van der Waals surface area contributed by atoms with Crippen molar-refractivity contribution < 1.29 is 4.79 Å². The van der Waals surface area contributed by atoms with Crippen LogP contribution in [0.1, 0.15) is 16.9 Å². The van der Waals surface area contributed by atoms with Crippen molar-refractivity contribution in [1.29, 1.82) is 0 Å². The molecule has 78 valence electrons. The van der Waals surface area contributed by atoms with Crippen LogP contribution in [0.2, 0.25) is 0 Å². The molecule has 0 atom stereocenters. The van der Waals surface area contributed by atoms with E-state index in [0.717, 1.165) is 13.0 Å². The second-order valence-corrected chi connectivity index (χ2v) is 2.87. The van der Waals surface area contributed by atoms with Crippen molar-refractivity contribution >= 4 is 5.91 Å². The topological polar surface area (TPSA) is 89.8 Å². The summed E-state index contributed by atoms with van der Waals surface area (Å²) < 4.78 is 0. The fourth-order valence-corrected chi connectivity index (χ4v) is 1.02. The number of aromatic amines is 2. The van der Waals surface area contributed by atoms with Crippen LogP contribution < -0.4 is 16.3 Å². The van der Waals surface area contributed by atoms with Gasteiger partial charge in [-0.05, 0) is 20.0 Å². The van der Waals surface area contributed by atoms with E-state index in [2.05, 4.69) is 20.6 Å². The summed E-state index contributed by atoms with van der Waals surface area (Å²) in [5.74, 6) is -0.264.